The van der Waals surface area contributed by atoms with Crippen molar-refractivity contribution in [2.75, 3.05) is 27.8 Å². The number of benzene rings is 2. The molecule has 0 fully saturated rings. The molecule has 0 unspecified atom stereocenters. The van der Waals surface area contributed by atoms with E-state index in [1.165, 1.54) is 19.2 Å². The molecule has 2 aromatic carbocycles. The van der Waals surface area contributed by atoms with E-state index in [9.17, 15) is 13.2 Å². The van der Waals surface area contributed by atoms with Crippen molar-refractivity contribution in [1.82, 2.24) is 9.62 Å². The molecule has 2 aromatic rings. The number of carbonyl (C=O) groups is 1. The minimum Gasteiger partial charge on any atom is -0.497 e. The Morgan fingerprint density at radius 3 is 2.03 bits per heavy atom. The standard InChI is InChI=1S/C22H30N2O5S/c1-5-6-15-24(2)22(25)16-21(17-7-9-18(28-3)10-8-17)23-30(26,27)20-13-11-19(29-4)12-14-20/h7-14,21,23H,5-6,15-16H2,1-4H3/t21-/m0/s1. The predicted octanol–water partition coefficient (Wildman–Crippen LogP) is 3.37. The normalized spacial score (nSPS) is 12.3. The van der Waals surface area contributed by atoms with Crippen LogP contribution in [-0.4, -0.2) is 47.0 Å². The van der Waals surface area contributed by atoms with Crippen molar-refractivity contribution in [1.29, 1.82) is 0 Å². The van der Waals surface area contributed by atoms with E-state index in [4.69, 9.17) is 9.47 Å². The lowest BCUT2D eigenvalue weighted by atomic mass is 10.0. The molecule has 0 aliphatic rings. The van der Waals surface area contributed by atoms with Gasteiger partial charge in [-0.05, 0) is 48.4 Å². The van der Waals surface area contributed by atoms with Crippen LogP contribution in [0.3, 0.4) is 0 Å². The molecule has 164 valence electrons. The lowest BCUT2D eigenvalue weighted by molar-refractivity contribution is -0.130. The maximum Gasteiger partial charge on any atom is 0.241 e. The number of amides is 1. The zero-order valence-corrected chi connectivity index (χ0v) is 18.7. The van der Waals surface area contributed by atoms with Crippen molar-refractivity contribution >= 4 is 15.9 Å². The van der Waals surface area contributed by atoms with Crippen LogP contribution in [0, 0.1) is 0 Å². The van der Waals surface area contributed by atoms with Crippen LogP contribution in [-0.2, 0) is 14.8 Å². The third-order valence-corrected chi connectivity index (χ3v) is 6.32. The largest absolute Gasteiger partial charge is 0.497 e. The maximum absolute atomic E-state index is 13.0. The maximum atomic E-state index is 13.0. The first-order chi connectivity index (χ1) is 14.3. The summed E-state index contributed by atoms with van der Waals surface area (Å²) >= 11 is 0. The van der Waals surface area contributed by atoms with E-state index < -0.39 is 16.1 Å². The van der Waals surface area contributed by atoms with Crippen molar-refractivity contribution in [3.8, 4) is 11.5 Å². The van der Waals surface area contributed by atoms with Gasteiger partial charge in [-0.25, -0.2) is 13.1 Å². The summed E-state index contributed by atoms with van der Waals surface area (Å²) in [7, 11) is 0.970. The van der Waals surface area contributed by atoms with Gasteiger partial charge in [0.15, 0.2) is 0 Å². The number of nitrogens with zero attached hydrogens (tertiary/aromatic N) is 1. The third kappa shape index (κ3) is 6.47. The summed E-state index contributed by atoms with van der Waals surface area (Å²) in [6, 6.07) is 12.4. The molecule has 0 spiro atoms. The highest BCUT2D eigenvalue weighted by Gasteiger charge is 2.25. The second kappa shape index (κ2) is 11.0. The van der Waals surface area contributed by atoms with Crippen LogP contribution in [0.4, 0.5) is 0 Å². The summed E-state index contributed by atoms with van der Waals surface area (Å²) in [4.78, 5) is 14.5. The number of unbranched alkanes of at least 4 members (excludes halogenated alkanes) is 1. The first-order valence-corrected chi connectivity index (χ1v) is 11.3. The average molecular weight is 435 g/mol. The van der Waals surface area contributed by atoms with Crippen LogP contribution >= 0.6 is 0 Å². The number of methoxy groups -OCH3 is 2. The Kier molecular flexibility index (Phi) is 8.68. The van der Waals surface area contributed by atoms with Gasteiger partial charge in [0.05, 0.1) is 25.2 Å². The molecule has 30 heavy (non-hydrogen) atoms. The molecule has 1 N–H and O–H groups in total. The molecular formula is C22H30N2O5S. The average Bonchev–Trinajstić information content (AvgIpc) is 2.76. The van der Waals surface area contributed by atoms with Crippen LogP contribution in [0.15, 0.2) is 53.4 Å². The minimum atomic E-state index is -3.84. The van der Waals surface area contributed by atoms with Crippen LogP contribution in [0.5, 0.6) is 11.5 Å². The van der Waals surface area contributed by atoms with Crippen molar-refractivity contribution in [2.45, 2.75) is 37.1 Å². The summed E-state index contributed by atoms with van der Waals surface area (Å²) in [5, 5.41) is 0. The van der Waals surface area contributed by atoms with Crippen molar-refractivity contribution < 1.29 is 22.7 Å². The number of hydrogen-bond acceptors (Lipinski definition) is 5. The van der Waals surface area contributed by atoms with Gasteiger partial charge in [-0.3, -0.25) is 4.79 Å². The van der Waals surface area contributed by atoms with Gasteiger partial charge >= 0.3 is 0 Å². The summed E-state index contributed by atoms with van der Waals surface area (Å²) < 4.78 is 38.9. The molecule has 0 saturated heterocycles. The van der Waals surface area contributed by atoms with E-state index in [-0.39, 0.29) is 17.2 Å². The first-order valence-electron chi connectivity index (χ1n) is 9.85. The van der Waals surface area contributed by atoms with Gasteiger partial charge in [0.1, 0.15) is 11.5 Å². The summed E-state index contributed by atoms with van der Waals surface area (Å²) in [5.41, 5.74) is 0.685. The molecule has 1 amide bonds. The smallest absolute Gasteiger partial charge is 0.241 e. The lowest BCUT2D eigenvalue weighted by Crippen LogP contribution is -2.35. The Morgan fingerprint density at radius 1 is 1.00 bits per heavy atom. The molecule has 0 radical (unpaired) electrons. The van der Waals surface area contributed by atoms with Crippen LogP contribution < -0.4 is 14.2 Å². The zero-order valence-electron chi connectivity index (χ0n) is 17.9. The highest BCUT2D eigenvalue weighted by Crippen LogP contribution is 2.24. The molecule has 0 aliphatic heterocycles. The summed E-state index contributed by atoms with van der Waals surface area (Å²) in [6.07, 6.45) is 1.89. The molecule has 0 saturated carbocycles. The number of hydrogen-bond donors (Lipinski definition) is 1. The molecule has 0 bridgehead atoms. The van der Waals surface area contributed by atoms with Crippen molar-refractivity contribution in [3.05, 3.63) is 54.1 Å². The minimum absolute atomic E-state index is 0.0158. The van der Waals surface area contributed by atoms with E-state index in [0.717, 1.165) is 12.8 Å². The lowest BCUT2D eigenvalue weighted by Gasteiger charge is -2.23. The Balaban J connectivity index is 2.28. The molecule has 7 nitrogen and oxygen atoms in total. The topological polar surface area (TPSA) is 84.9 Å². The van der Waals surface area contributed by atoms with E-state index in [0.29, 0.717) is 23.6 Å². The van der Waals surface area contributed by atoms with E-state index in [2.05, 4.69) is 11.6 Å². The van der Waals surface area contributed by atoms with E-state index in [1.807, 2.05) is 0 Å². The monoisotopic (exact) mass is 434 g/mol. The first kappa shape index (κ1) is 23.7. The molecule has 0 aromatic heterocycles. The number of sulfonamides is 1. The highest BCUT2D eigenvalue weighted by molar-refractivity contribution is 7.89. The van der Waals surface area contributed by atoms with Crippen LogP contribution in [0.1, 0.15) is 37.8 Å². The molecule has 1 atom stereocenters. The Morgan fingerprint density at radius 2 is 1.53 bits per heavy atom. The van der Waals surface area contributed by atoms with Crippen LogP contribution in [0.2, 0.25) is 0 Å². The van der Waals surface area contributed by atoms with Gasteiger partial charge in [0.25, 0.3) is 0 Å². The molecular weight excluding hydrogens is 404 g/mol. The quantitative estimate of drug-likeness (QED) is 0.586. The number of rotatable bonds is 11. The van der Waals surface area contributed by atoms with Gasteiger partial charge in [-0.2, -0.15) is 0 Å². The molecule has 0 aliphatic carbocycles. The fourth-order valence-electron chi connectivity index (χ4n) is 2.92. The Hall–Kier alpha value is -2.58. The molecule has 2 rings (SSSR count). The SMILES string of the molecule is CCCCN(C)C(=O)C[C@H](NS(=O)(=O)c1ccc(OC)cc1)c1ccc(OC)cc1. The summed E-state index contributed by atoms with van der Waals surface area (Å²) in [5.74, 6) is 1.09. The Labute approximate surface area is 179 Å². The fourth-order valence-corrected chi connectivity index (χ4v) is 4.15. The third-order valence-electron chi connectivity index (χ3n) is 4.84. The van der Waals surface area contributed by atoms with Crippen molar-refractivity contribution in [3.63, 3.8) is 0 Å². The second-order valence-corrected chi connectivity index (χ2v) is 8.71. The number of ether oxygens (including phenoxy) is 2. The fraction of sp³-hybridized carbons (Fsp3) is 0.409. The van der Waals surface area contributed by atoms with E-state index >= 15 is 0 Å². The Bertz CT molecular complexity index is 912. The summed E-state index contributed by atoms with van der Waals surface area (Å²) in [6.45, 7) is 2.69. The molecule has 8 heteroatoms. The van der Waals surface area contributed by atoms with Crippen LogP contribution in [0.25, 0.3) is 0 Å². The molecule has 0 heterocycles. The predicted molar refractivity (Wildman–Crippen MR) is 116 cm³/mol. The van der Waals surface area contributed by atoms with Gasteiger partial charge in [0.2, 0.25) is 15.9 Å². The van der Waals surface area contributed by atoms with E-state index in [1.54, 1.807) is 55.5 Å². The van der Waals surface area contributed by atoms with Crippen molar-refractivity contribution in [2.24, 2.45) is 0 Å². The van der Waals surface area contributed by atoms with Gasteiger partial charge in [-0.1, -0.05) is 25.5 Å². The second-order valence-electron chi connectivity index (χ2n) is 7.00. The number of nitrogens with one attached hydrogen (secondary N) is 1. The highest BCUT2D eigenvalue weighted by atomic mass is 32.2. The number of carbonyl (C=O) groups excluding carboxylic acids is 1. The zero-order chi connectivity index (χ0) is 22.1. The van der Waals surface area contributed by atoms with Gasteiger partial charge < -0.3 is 14.4 Å². The van der Waals surface area contributed by atoms with Gasteiger partial charge in [-0.15, -0.1) is 0 Å². The van der Waals surface area contributed by atoms with Gasteiger partial charge in [0, 0.05) is 20.0 Å².